The predicted molar refractivity (Wildman–Crippen MR) is 71.7 cm³/mol. The lowest BCUT2D eigenvalue weighted by Gasteiger charge is -2.09. The van der Waals surface area contributed by atoms with Gasteiger partial charge in [-0.2, -0.15) is 0 Å². The Morgan fingerprint density at radius 3 is 2.61 bits per heavy atom. The highest BCUT2D eigenvalue weighted by molar-refractivity contribution is 6.02. The van der Waals surface area contributed by atoms with E-state index in [1.54, 1.807) is 18.2 Å². The van der Waals surface area contributed by atoms with Crippen LogP contribution in [-0.2, 0) is 0 Å². The molecule has 100 valence electrons. The van der Waals surface area contributed by atoms with Gasteiger partial charge in [-0.15, -0.1) is 0 Å². The second-order valence-electron chi connectivity index (χ2n) is 4.18. The van der Waals surface area contributed by atoms with Crippen molar-refractivity contribution < 1.29 is 15.1 Å². The molecule has 0 fully saturated rings. The molecule has 0 saturated carbocycles. The van der Waals surface area contributed by atoms with Gasteiger partial charge in [-0.1, -0.05) is 31.8 Å². The third-order valence-electron chi connectivity index (χ3n) is 2.65. The van der Waals surface area contributed by atoms with Crippen molar-refractivity contribution in [2.24, 2.45) is 5.16 Å². The molecule has 1 aromatic carbocycles. The van der Waals surface area contributed by atoms with Crippen LogP contribution in [0.4, 0.5) is 0 Å². The molecule has 0 unspecified atom stereocenters. The number of phenols is 1. The van der Waals surface area contributed by atoms with Crippen molar-refractivity contribution in [2.45, 2.75) is 39.5 Å². The van der Waals surface area contributed by atoms with Gasteiger partial charge in [0.1, 0.15) is 11.5 Å². The van der Waals surface area contributed by atoms with Crippen molar-refractivity contribution in [1.29, 1.82) is 0 Å². The molecule has 0 aliphatic rings. The minimum atomic E-state index is 0.0882. The summed E-state index contributed by atoms with van der Waals surface area (Å²) in [6.45, 7) is 4.73. The molecule has 0 aliphatic heterocycles. The summed E-state index contributed by atoms with van der Waals surface area (Å²) in [5.41, 5.74) is 1.05. The normalized spacial score (nSPS) is 11.6. The minimum absolute atomic E-state index is 0.0882. The van der Waals surface area contributed by atoms with Crippen LogP contribution in [-0.4, -0.2) is 22.6 Å². The first kappa shape index (κ1) is 14.4. The van der Waals surface area contributed by atoms with Gasteiger partial charge in [0.2, 0.25) is 0 Å². The van der Waals surface area contributed by atoms with Crippen LogP contribution < -0.4 is 4.74 Å². The lowest BCUT2D eigenvalue weighted by molar-refractivity contribution is 0.307. The maximum Gasteiger partial charge on any atom is 0.128 e. The standard InChI is InChI=1S/C14H21NO3/c1-3-5-9-18-11-7-8-12(14(16)10-11)13(15-17)6-4-2/h7-8,10,16-17H,3-6,9H2,1-2H3/b15-13+. The summed E-state index contributed by atoms with van der Waals surface area (Å²) in [7, 11) is 0. The molecular weight excluding hydrogens is 230 g/mol. The zero-order valence-electron chi connectivity index (χ0n) is 11.0. The van der Waals surface area contributed by atoms with Crippen LogP contribution in [0.5, 0.6) is 11.5 Å². The molecule has 1 aromatic rings. The van der Waals surface area contributed by atoms with E-state index in [1.807, 2.05) is 6.92 Å². The van der Waals surface area contributed by atoms with E-state index in [0.29, 0.717) is 30.1 Å². The van der Waals surface area contributed by atoms with Gasteiger partial charge >= 0.3 is 0 Å². The Hall–Kier alpha value is -1.71. The molecule has 0 bridgehead atoms. The van der Waals surface area contributed by atoms with Crippen molar-refractivity contribution >= 4 is 5.71 Å². The second-order valence-corrected chi connectivity index (χ2v) is 4.18. The lowest BCUT2D eigenvalue weighted by atomic mass is 10.0. The van der Waals surface area contributed by atoms with Gasteiger partial charge in [0, 0.05) is 11.6 Å². The highest BCUT2D eigenvalue weighted by Crippen LogP contribution is 2.25. The van der Waals surface area contributed by atoms with Crippen LogP contribution in [0.15, 0.2) is 23.4 Å². The molecule has 0 heterocycles. The molecule has 4 nitrogen and oxygen atoms in total. The Morgan fingerprint density at radius 1 is 1.28 bits per heavy atom. The van der Waals surface area contributed by atoms with Crippen LogP contribution in [0.2, 0.25) is 0 Å². The molecule has 0 spiro atoms. The maximum absolute atomic E-state index is 9.90. The topological polar surface area (TPSA) is 62.0 Å². The first-order chi connectivity index (χ1) is 8.72. The number of benzene rings is 1. The fourth-order valence-electron chi connectivity index (χ4n) is 1.65. The van der Waals surface area contributed by atoms with E-state index >= 15 is 0 Å². The SMILES string of the molecule is CCCCOc1ccc(/C(CCC)=N/O)c(O)c1. The van der Waals surface area contributed by atoms with E-state index in [0.717, 1.165) is 19.3 Å². The number of ether oxygens (including phenoxy) is 1. The molecule has 1 rings (SSSR count). The molecular formula is C14H21NO3. The number of rotatable bonds is 7. The monoisotopic (exact) mass is 251 g/mol. The first-order valence-corrected chi connectivity index (χ1v) is 6.40. The Bertz CT molecular complexity index is 402. The molecule has 0 amide bonds. The van der Waals surface area contributed by atoms with E-state index in [2.05, 4.69) is 12.1 Å². The third kappa shape index (κ3) is 3.95. The van der Waals surface area contributed by atoms with Gasteiger partial charge in [-0.25, -0.2) is 0 Å². The summed E-state index contributed by atoms with van der Waals surface area (Å²) < 4.78 is 5.49. The van der Waals surface area contributed by atoms with Gasteiger partial charge in [0.15, 0.2) is 0 Å². The van der Waals surface area contributed by atoms with E-state index < -0.39 is 0 Å². The van der Waals surface area contributed by atoms with E-state index in [1.165, 1.54) is 0 Å². The molecule has 4 heteroatoms. The summed E-state index contributed by atoms with van der Waals surface area (Å²) in [4.78, 5) is 0. The van der Waals surface area contributed by atoms with E-state index in [4.69, 9.17) is 9.94 Å². The summed E-state index contributed by atoms with van der Waals surface area (Å²) >= 11 is 0. The Labute approximate surface area is 108 Å². The number of hydrogen-bond donors (Lipinski definition) is 2. The van der Waals surface area contributed by atoms with Crippen molar-refractivity contribution in [3.05, 3.63) is 23.8 Å². The Kier molecular flexibility index (Phi) is 6.05. The smallest absolute Gasteiger partial charge is 0.128 e. The molecule has 0 aromatic heterocycles. The van der Waals surface area contributed by atoms with Crippen molar-refractivity contribution in [2.75, 3.05) is 6.61 Å². The Balaban J connectivity index is 2.78. The fraction of sp³-hybridized carbons (Fsp3) is 0.500. The average Bonchev–Trinajstić information content (AvgIpc) is 2.37. The van der Waals surface area contributed by atoms with Crippen LogP contribution in [0.3, 0.4) is 0 Å². The molecule has 2 N–H and O–H groups in total. The summed E-state index contributed by atoms with van der Waals surface area (Å²) in [5.74, 6) is 0.726. The van der Waals surface area contributed by atoms with Crippen molar-refractivity contribution in [3.8, 4) is 11.5 Å². The maximum atomic E-state index is 9.90. The molecule has 18 heavy (non-hydrogen) atoms. The zero-order valence-corrected chi connectivity index (χ0v) is 11.0. The second kappa shape index (κ2) is 7.58. The van der Waals surface area contributed by atoms with Crippen LogP contribution >= 0.6 is 0 Å². The number of hydrogen-bond acceptors (Lipinski definition) is 4. The number of phenolic OH excluding ortho intramolecular Hbond substituents is 1. The highest BCUT2D eigenvalue weighted by Gasteiger charge is 2.10. The number of nitrogens with zero attached hydrogens (tertiary/aromatic N) is 1. The molecule has 0 radical (unpaired) electrons. The van der Waals surface area contributed by atoms with Crippen molar-refractivity contribution in [3.63, 3.8) is 0 Å². The van der Waals surface area contributed by atoms with E-state index in [9.17, 15) is 5.11 Å². The predicted octanol–water partition coefficient (Wildman–Crippen LogP) is 3.55. The fourth-order valence-corrected chi connectivity index (χ4v) is 1.65. The minimum Gasteiger partial charge on any atom is -0.507 e. The summed E-state index contributed by atoms with van der Waals surface area (Å²) in [5, 5.41) is 22.1. The zero-order chi connectivity index (χ0) is 13.4. The van der Waals surface area contributed by atoms with E-state index in [-0.39, 0.29) is 5.75 Å². The van der Waals surface area contributed by atoms with Crippen LogP contribution in [0.25, 0.3) is 0 Å². The third-order valence-corrected chi connectivity index (χ3v) is 2.65. The average molecular weight is 251 g/mol. The van der Waals surface area contributed by atoms with Crippen molar-refractivity contribution in [1.82, 2.24) is 0 Å². The van der Waals surface area contributed by atoms with Gasteiger partial charge < -0.3 is 15.1 Å². The molecule has 0 atom stereocenters. The van der Waals surface area contributed by atoms with Crippen LogP contribution in [0, 0.1) is 0 Å². The highest BCUT2D eigenvalue weighted by atomic mass is 16.5. The number of unbranched alkanes of at least 4 members (excludes halogenated alkanes) is 1. The summed E-state index contributed by atoms with van der Waals surface area (Å²) in [6.07, 6.45) is 3.54. The summed E-state index contributed by atoms with van der Waals surface area (Å²) in [6, 6.07) is 5.07. The van der Waals surface area contributed by atoms with Gasteiger partial charge in [0.05, 0.1) is 12.3 Å². The van der Waals surface area contributed by atoms with Gasteiger partial charge in [-0.05, 0) is 25.0 Å². The van der Waals surface area contributed by atoms with Crippen LogP contribution in [0.1, 0.15) is 45.1 Å². The Morgan fingerprint density at radius 2 is 2.06 bits per heavy atom. The number of oxime groups is 1. The number of aromatic hydroxyl groups is 1. The first-order valence-electron chi connectivity index (χ1n) is 6.40. The lowest BCUT2D eigenvalue weighted by Crippen LogP contribution is -2.02. The quantitative estimate of drug-likeness (QED) is 0.337. The van der Waals surface area contributed by atoms with Gasteiger partial charge in [0.25, 0.3) is 0 Å². The van der Waals surface area contributed by atoms with Gasteiger partial charge in [-0.3, -0.25) is 0 Å². The largest absolute Gasteiger partial charge is 0.507 e. The molecule has 0 aliphatic carbocycles. The molecule has 0 saturated heterocycles.